The van der Waals surface area contributed by atoms with Gasteiger partial charge in [0.15, 0.2) is 0 Å². The van der Waals surface area contributed by atoms with E-state index in [1.165, 1.54) is 6.08 Å². The topological polar surface area (TPSA) is 43.1 Å². The fourth-order valence-electron chi connectivity index (χ4n) is 0.142. The van der Waals surface area contributed by atoms with Crippen molar-refractivity contribution in [1.82, 2.24) is 0 Å². The minimum absolute atomic E-state index is 0. The lowest BCUT2D eigenvalue weighted by Gasteiger charge is -1.76. The number of hydrogen-bond donors (Lipinski definition) is 1. The number of carbonyl (C=O) groups excluding carboxylic acids is 1. The van der Waals surface area contributed by atoms with Crippen LogP contribution in [0.5, 0.6) is 0 Å². The molecule has 0 rings (SSSR count). The highest BCUT2D eigenvalue weighted by atomic mass is 35.5. The number of primary amides is 1. The van der Waals surface area contributed by atoms with Gasteiger partial charge in [-0.1, -0.05) is 6.08 Å². The minimum atomic E-state index is -0.329. The van der Waals surface area contributed by atoms with E-state index in [4.69, 9.17) is 5.73 Å². The molecule has 2 nitrogen and oxygen atoms in total. The van der Waals surface area contributed by atoms with Crippen LogP contribution in [0.4, 0.5) is 0 Å². The van der Waals surface area contributed by atoms with Gasteiger partial charge >= 0.3 is 0 Å². The zero-order valence-corrected chi connectivity index (χ0v) is 4.70. The molecular weight excluding hydrogens is 114 g/mol. The van der Waals surface area contributed by atoms with E-state index in [1.807, 2.05) is 0 Å². The number of hydrogen-bond acceptors (Lipinski definition) is 1. The van der Waals surface area contributed by atoms with Crippen LogP contribution >= 0.6 is 12.4 Å². The van der Waals surface area contributed by atoms with Gasteiger partial charge < -0.3 is 5.73 Å². The van der Waals surface area contributed by atoms with E-state index in [0.717, 1.165) is 0 Å². The number of amides is 1. The summed E-state index contributed by atoms with van der Waals surface area (Å²) in [4.78, 5) is 9.75. The molecule has 0 aromatic carbocycles. The van der Waals surface area contributed by atoms with E-state index in [1.54, 1.807) is 0 Å². The lowest BCUT2D eigenvalue weighted by atomic mass is 10.4. The van der Waals surface area contributed by atoms with Gasteiger partial charge in [0.2, 0.25) is 5.91 Å². The monoisotopic (exact) mass is 121 g/mol. The molecule has 2 N–H and O–H groups in total. The van der Waals surface area contributed by atoms with Gasteiger partial charge in [-0.25, -0.2) is 0 Å². The quantitative estimate of drug-likeness (QED) is 0.531. The molecule has 0 unspecified atom stereocenters. The molecule has 0 atom stereocenters. The van der Waals surface area contributed by atoms with Gasteiger partial charge in [-0.05, 0) is 0 Å². The number of nitrogens with two attached hydrogens (primary N) is 1. The van der Waals surface area contributed by atoms with E-state index >= 15 is 0 Å². The Hall–Kier alpha value is -0.500. The Labute approximate surface area is 48.8 Å². The highest BCUT2D eigenvalue weighted by Crippen LogP contribution is 1.71. The summed E-state index contributed by atoms with van der Waals surface area (Å²) in [5.74, 6) is -0.329. The molecule has 0 radical (unpaired) electrons. The number of halogens is 1. The van der Waals surface area contributed by atoms with Crippen molar-refractivity contribution in [3.63, 3.8) is 0 Å². The molecule has 0 saturated carbocycles. The van der Waals surface area contributed by atoms with Crippen LogP contribution < -0.4 is 5.73 Å². The van der Waals surface area contributed by atoms with Crippen molar-refractivity contribution in [2.45, 2.75) is 6.42 Å². The van der Waals surface area contributed by atoms with Crippen LogP contribution in [0.2, 0.25) is 0 Å². The van der Waals surface area contributed by atoms with Crippen molar-refractivity contribution in [1.29, 1.82) is 0 Å². The number of carbonyl (C=O) groups is 1. The standard InChI is InChI=1S/C4H7NO.ClH/c1-2-3-4(5)6;/h2H,1,3H2,(H2,5,6);1H. The van der Waals surface area contributed by atoms with Gasteiger partial charge in [-0.3, -0.25) is 4.79 Å². The molecule has 0 aliphatic heterocycles. The van der Waals surface area contributed by atoms with Gasteiger partial charge in [0, 0.05) is 6.42 Å². The van der Waals surface area contributed by atoms with E-state index in [0.29, 0.717) is 0 Å². The fraction of sp³-hybridized carbons (Fsp3) is 0.250. The molecule has 0 spiro atoms. The number of rotatable bonds is 2. The van der Waals surface area contributed by atoms with Crippen molar-refractivity contribution >= 4 is 18.3 Å². The summed E-state index contributed by atoms with van der Waals surface area (Å²) in [7, 11) is 0. The third-order valence-corrected chi connectivity index (χ3v) is 0.346. The largest absolute Gasteiger partial charge is 0.369 e. The molecule has 42 valence electrons. The van der Waals surface area contributed by atoms with Gasteiger partial charge in [0.05, 0.1) is 0 Å². The summed E-state index contributed by atoms with van der Waals surface area (Å²) in [6.07, 6.45) is 1.75. The Morgan fingerprint density at radius 3 is 2.29 bits per heavy atom. The molecule has 3 heteroatoms. The van der Waals surface area contributed by atoms with Crippen LogP contribution in [0.25, 0.3) is 0 Å². The summed E-state index contributed by atoms with van der Waals surface area (Å²) < 4.78 is 0. The van der Waals surface area contributed by atoms with Crippen molar-refractivity contribution in [3.05, 3.63) is 12.7 Å². The van der Waals surface area contributed by atoms with E-state index < -0.39 is 0 Å². The van der Waals surface area contributed by atoms with Gasteiger partial charge in [-0.2, -0.15) is 0 Å². The first-order valence-corrected chi connectivity index (χ1v) is 1.66. The maximum Gasteiger partial charge on any atom is 0.221 e. The zero-order chi connectivity index (χ0) is 4.99. The molecule has 0 aliphatic carbocycles. The predicted octanol–water partition coefficient (Wildman–Crippen LogP) is 0.470. The molecule has 0 aromatic rings. The molecule has 0 fully saturated rings. The van der Waals surface area contributed by atoms with Gasteiger partial charge in [0.25, 0.3) is 0 Å². The smallest absolute Gasteiger partial charge is 0.221 e. The average Bonchev–Trinajstić information content (AvgIpc) is 1.35. The van der Waals surface area contributed by atoms with Crippen molar-refractivity contribution in [2.24, 2.45) is 5.73 Å². The summed E-state index contributed by atoms with van der Waals surface area (Å²) in [6, 6.07) is 0. The summed E-state index contributed by atoms with van der Waals surface area (Å²) >= 11 is 0. The van der Waals surface area contributed by atoms with E-state index in [2.05, 4.69) is 6.58 Å². The lowest BCUT2D eigenvalue weighted by Crippen LogP contribution is -2.07. The van der Waals surface area contributed by atoms with Crippen LogP contribution in [0.1, 0.15) is 6.42 Å². The Balaban J connectivity index is 0. The normalized spacial score (nSPS) is 6.29. The Bertz CT molecular complexity index is 72.1. The minimum Gasteiger partial charge on any atom is -0.369 e. The molecular formula is C4H8ClNO. The second-order valence-corrected chi connectivity index (χ2v) is 0.959. The Morgan fingerprint density at radius 1 is 1.86 bits per heavy atom. The van der Waals surface area contributed by atoms with Crippen LogP contribution in [0, 0.1) is 0 Å². The maximum atomic E-state index is 9.75. The lowest BCUT2D eigenvalue weighted by molar-refractivity contribution is -0.117. The summed E-state index contributed by atoms with van der Waals surface area (Å²) in [6.45, 7) is 3.30. The van der Waals surface area contributed by atoms with Crippen molar-refractivity contribution in [2.75, 3.05) is 0 Å². The van der Waals surface area contributed by atoms with Crippen LogP contribution in [0.3, 0.4) is 0 Å². The van der Waals surface area contributed by atoms with E-state index in [-0.39, 0.29) is 24.7 Å². The SMILES string of the molecule is C=CCC(N)=O.Cl. The van der Waals surface area contributed by atoms with Crippen molar-refractivity contribution < 1.29 is 4.79 Å². The van der Waals surface area contributed by atoms with Crippen LogP contribution in [-0.4, -0.2) is 5.91 Å². The first-order chi connectivity index (χ1) is 2.77. The summed E-state index contributed by atoms with van der Waals surface area (Å²) in [5, 5.41) is 0. The molecule has 7 heavy (non-hydrogen) atoms. The second kappa shape index (κ2) is 5.50. The Morgan fingerprint density at radius 2 is 2.29 bits per heavy atom. The van der Waals surface area contributed by atoms with E-state index in [9.17, 15) is 4.79 Å². The predicted molar refractivity (Wildman–Crippen MR) is 31.3 cm³/mol. The Kier molecular flexibility index (Phi) is 7.63. The average molecular weight is 122 g/mol. The molecule has 0 bridgehead atoms. The highest BCUT2D eigenvalue weighted by molar-refractivity contribution is 5.85. The van der Waals surface area contributed by atoms with Crippen LogP contribution in [0.15, 0.2) is 12.7 Å². The first-order valence-electron chi connectivity index (χ1n) is 1.66. The third kappa shape index (κ3) is 10.8. The van der Waals surface area contributed by atoms with Crippen molar-refractivity contribution in [3.8, 4) is 0 Å². The first kappa shape index (κ1) is 9.71. The molecule has 1 amide bonds. The zero-order valence-electron chi connectivity index (χ0n) is 3.89. The van der Waals surface area contributed by atoms with Crippen LogP contribution in [-0.2, 0) is 4.79 Å². The molecule has 0 aromatic heterocycles. The maximum absolute atomic E-state index is 9.75. The summed E-state index contributed by atoms with van der Waals surface area (Å²) in [5.41, 5.74) is 4.69. The second-order valence-electron chi connectivity index (χ2n) is 0.959. The highest BCUT2D eigenvalue weighted by Gasteiger charge is 1.80. The van der Waals surface area contributed by atoms with Gasteiger partial charge in [0.1, 0.15) is 0 Å². The molecule has 0 aliphatic rings. The molecule has 0 saturated heterocycles. The molecule has 0 heterocycles. The fourth-order valence-corrected chi connectivity index (χ4v) is 0.142. The third-order valence-electron chi connectivity index (χ3n) is 0.346. The van der Waals surface area contributed by atoms with Gasteiger partial charge in [-0.15, -0.1) is 19.0 Å².